The maximum absolute atomic E-state index is 12.9. The fourth-order valence-electron chi connectivity index (χ4n) is 2.36. The van der Waals surface area contributed by atoms with Gasteiger partial charge in [0.15, 0.2) is 0 Å². The highest BCUT2D eigenvalue weighted by molar-refractivity contribution is 5.32. The molecule has 1 N–H and O–H groups in total. The molecule has 2 rings (SSSR count). The van der Waals surface area contributed by atoms with E-state index in [4.69, 9.17) is 0 Å². The first kappa shape index (κ1) is 12.6. The lowest BCUT2D eigenvalue weighted by Crippen LogP contribution is -2.37. The molecule has 1 aliphatic rings. The van der Waals surface area contributed by atoms with E-state index in [-0.39, 0.29) is 16.8 Å². The van der Waals surface area contributed by atoms with Crippen molar-refractivity contribution in [3.05, 3.63) is 35.6 Å². The molecule has 1 saturated carbocycles. The Morgan fingerprint density at radius 3 is 2.41 bits per heavy atom. The van der Waals surface area contributed by atoms with Gasteiger partial charge in [-0.2, -0.15) is 0 Å². The van der Waals surface area contributed by atoms with Crippen LogP contribution >= 0.6 is 0 Å². The van der Waals surface area contributed by atoms with E-state index in [9.17, 15) is 4.39 Å². The molecule has 0 bridgehead atoms. The molecule has 2 unspecified atom stereocenters. The lowest BCUT2D eigenvalue weighted by atomic mass is 9.95. The molecular weight excluding hydrogens is 213 g/mol. The van der Waals surface area contributed by atoms with Crippen LogP contribution in [-0.4, -0.2) is 12.1 Å². The summed E-state index contributed by atoms with van der Waals surface area (Å²) in [5.41, 5.74) is 1.68. The Labute approximate surface area is 103 Å². The Kier molecular flexibility index (Phi) is 3.03. The smallest absolute Gasteiger partial charge is 0.123 e. The Morgan fingerprint density at radius 2 is 1.88 bits per heavy atom. The van der Waals surface area contributed by atoms with Gasteiger partial charge in [-0.3, -0.25) is 0 Å². The molecule has 1 fully saturated rings. The van der Waals surface area contributed by atoms with Gasteiger partial charge in [0, 0.05) is 5.54 Å². The molecular formula is C15H22FN. The molecule has 0 radical (unpaired) electrons. The molecule has 0 amide bonds. The second kappa shape index (κ2) is 4.09. The van der Waals surface area contributed by atoms with Crippen molar-refractivity contribution in [2.45, 2.75) is 45.1 Å². The molecule has 0 aliphatic heterocycles. The molecule has 1 aromatic rings. The highest BCUT2D eigenvalue weighted by Gasteiger charge is 2.50. The minimum atomic E-state index is -0.151. The number of benzene rings is 1. The summed E-state index contributed by atoms with van der Waals surface area (Å²) in [5, 5.41) is 3.55. The normalized spacial score (nSPS) is 28.2. The second-order valence-corrected chi connectivity index (χ2v) is 6.46. The minimum Gasteiger partial charge on any atom is -0.312 e. The Bertz CT molecular complexity index is 390. The van der Waals surface area contributed by atoms with Crippen LogP contribution in [0.4, 0.5) is 4.39 Å². The first-order chi connectivity index (χ1) is 7.81. The van der Waals surface area contributed by atoms with Crippen molar-refractivity contribution >= 4 is 0 Å². The SMILES string of the molecule is CC(C)(C)NCC1CC1(C)c1ccc(F)cc1. The first-order valence-corrected chi connectivity index (χ1v) is 6.32. The van der Waals surface area contributed by atoms with Gasteiger partial charge in [-0.05, 0) is 62.8 Å². The maximum atomic E-state index is 12.9. The third-order valence-electron chi connectivity index (χ3n) is 3.79. The van der Waals surface area contributed by atoms with Gasteiger partial charge in [-0.25, -0.2) is 4.39 Å². The standard InChI is InChI=1S/C15H22FN/c1-14(2,3)17-10-12-9-15(12,4)11-5-7-13(16)8-6-11/h5-8,12,17H,9-10H2,1-4H3. The molecule has 2 atom stereocenters. The van der Waals surface area contributed by atoms with Gasteiger partial charge in [0.1, 0.15) is 5.82 Å². The van der Waals surface area contributed by atoms with Gasteiger partial charge in [0.05, 0.1) is 0 Å². The lowest BCUT2D eigenvalue weighted by molar-refractivity contribution is 0.406. The number of halogens is 1. The van der Waals surface area contributed by atoms with E-state index in [0.29, 0.717) is 5.92 Å². The highest BCUT2D eigenvalue weighted by atomic mass is 19.1. The van der Waals surface area contributed by atoms with E-state index in [1.54, 1.807) is 12.1 Å². The lowest BCUT2D eigenvalue weighted by Gasteiger charge is -2.21. The summed E-state index contributed by atoms with van der Waals surface area (Å²) in [4.78, 5) is 0. The summed E-state index contributed by atoms with van der Waals surface area (Å²) in [6.45, 7) is 9.87. The quantitative estimate of drug-likeness (QED) is 0.845. The van der Waals surface area contributed by atoms with Crippen molar-refractivity contribution in [3.63, 3.8) is 0 Å². The van der Waals surface area contributed by atoms with Crippen molar-refractivity contribution in [2.75, 3.05) is 6.54 Å². The molecule has 17 heavy (non-hydrogen) atoms. The van der Waals surface area contributed by atoms with Crippen molar-refractivity contribution in [2.24, 2.45) is 5.92 Å². The predicted molar refractivity (Wildman–Crippen MR) is 69.6 cm³/mol. The molecule has 1 aliphatic carbocycles. The van der Waals surface area contributed by atoms with Crippen molar-refractivity contribution < 1.29 is 4.39 Å². The minimum absolute atomic E-state index is 0.151. The summed E-state index contributed by atoms with van der Waals surface area (Å²) in [6.07, 6.45) is 1.20. The van der Waals surface area contributed by atoms with Gasteiger partial charge in [-0.15, -0.1) is 0 Å². The molecule has 1 aromatic carbocycles. The zero-order valence-electron chi connectivity index (χ0n) is 11.2. The molecule has 94 valence electrons. The monoisotopic (exact) mass is 235 g/mol. The van der Waals surface area contributed by atoms with Crippen LogP contribution in [0.2, 0.25) is 0 Å². The van der Waals surface area contributed by atoms with E-state index >= 15 is 0 Å². The Morgan fingerprint density at radius 1 is 1.29 bits per heavy atom. The average molecular weight is 235 g/mol. The van der Waals surface area contributed by atoms with Crippen molar-refractivity contribution in [1.82, 2.24) is 5.32 Å². The fraction of sp³-hybridized carbons (Fsp3) is 0.600. The van der Waals surface area contributed by atoms with Gasteiger partial charge < -0.3 is 5.32 Å². The van der Waals surface area contributed by atoms with Gasteiger partial charge in [0.25, 0.3) is 0 Å². The van der Waals surface area contributed by atoms with E-state index in [1.165, 1.54) is 12.0 Å². The summed E-state index contributed by atoms with van der Waals surface area (Å²) in [5.74, 6) is 0.523. The van der Waals surface area contributed by atoms with Crippen molar-refractivity contribution in [1.29, 1.82) is 0 Å². The largest absolute Gasteiger partial charge is 0.312 e. The molecule has 2 heteroatoms. The van der Waals surface area contributed by atoms with Crippen LogP contribution in [0.5, 0.6) is 0 Å². The third-order valence-corrected chi connectivity index (χ3v) is 3.79. The second-order valence-electron chi connectivity index (χ2n) is 6.46. The van der Waals surface area contributed by atoms with Crippen LogP contribution in [0, 0.1) is 11.7 Å². The van der Waals surface area contributed by atoms with E-state index in [2.05, 4.69) is 33.0 Å². The van der Waals surface area contributed by atoms with Gasteiger partial charge in [0.2, 0.25) is 0 Å². The van der Waals surface area contributed by atoms with Crippen LogP contribution < -0.4 is 5.32 Å². The van der Waals surface area contributed by atoms with Crippen LogP contribution in [-0.2, 0) is 5.41 Å². The van der Waals surface area contributed by atoms with Gasteiger partial charge in [-0.1, -0.05) is 19.1 Å². The maximum Gasteiger partial charge on any atom is 0.123 e. The molecule has 1 nitrogen and oxygen atoms in total. The molecule has 0 aromatic heterocycles. The van der Waals surface area contributed by atoms with Crippen LogP contribution in [0.3, 0.4) is 0 Å². The number of hydrogen-bond donors (Lipinski definition) is 1. The number of rotatable bonds is 3. The topological polar surface area (TPSA) is 12.0 Å². The summed E-state index contributed by atoms with van der Waals surface area (Å²) >= 11 is 0. The van der Waals surface area contributed by atoms with Gasteiger partial charge >= 0.3 is 0 Å². The fourth-order valence-corrected chi connectivity index (χ4v) is 2.36. The Hall–Kier alpha value is -0.890. The van der Waals surface area contributed by atoms with E-state index in [0.717, 1.165) is 6.54 Å². The van der Waals surface area contributed by atoms with Crippen LogP contribution in [0.1, 0.15) is 39.7 Å². The highest BCUT2D eigenvalue weighted by Crippen LogP contribution is 2.53. The van der Waals surface area contributed by atoms with Crippen LogP contribution in [0.15, 0.2) is 24.3 Å². The predicted octanol–water partition coefficient (Wildman–Crippen LogP) is 3.49. The summed E-state index contributed by atoms with van der Waals surface area (Å²) in [6, 6.07) is 6.97. The first-order valence-electron chi connectivity index (χ1n) is 6.32. The molecule has 0 spiro atoms. The van der Waals surface area contributed by atoms with Crippen LogP contribution in [0.25, 0.3) is 0 Å². The van der Waals surface area contributed by atoms with E-state index < -0.39 is 0 Å². The number of hydrogen-bond acceptors (Lipinski definition) is 1. The van der Waals surface area contributed by atoms with Crippen molar-refractivity contribution in [3.8, 4) is 0 Å². The van der Waals surface area contributed by atoms with E-state index in [1.807, 2.05) is 12.1 Å². The summed E-state index contributed by atoms with van der Waals surface area (Å²) < 4.78 is 12.9. The molecule has 0 heterocycles. The third kappa shape index (κ3) is 2.86. The Balaban J connectivity index is 1.97. The number of nitrogens with one attached hydrogen (secondary N) is 1. The zero-order valence-corrected chi connectivity index (χ0v) is 11.2. The zero-order chi connectivity index (χ0) is 12.7. The summed E-state index contributed by atoms with van der Waals surface area (Å²) in [7, 11) is 0. The molecule has 0 saturated heterocycles. The average Bonchev–Trinajstić information content (AvgIpc) is 2.88.